The lowest BCUT2D eigenvalue weighted by molar-refractivity contribution is -0.121. The van der Waals surface area contributed by atoms with Crippen LogP contribution in [0.3, 0.4) is 0 Å². The summed E-state index contributed by atoms with van der Waals surface area (Å²) in [5, 5.41) is 5.28. The Morgan fingerprint density at radius 1 is 1.00 bits per heavy atom. The minimum absolute atomic E-state index is 0.0325. The van der Waals surface area contributed by atoms with Crippen LogP contribution in [-0.2, 0) is 11.2 Å². The van der Waals surface area contributed by atoms with Gasteiger partial charge in [0.25, 0.3) is 0 Å². The smallest absolute Gasteiger partial charge is 0.224 e. The van der Waals surface area contributed by atoms with Crippen LogP contribution in [0.1, 0.15) is 23.4 Å². The van der Waals surface area contributed by atoms with Crippen molar-refractivity contribution >= 4 is 22.9 Å². The first-order valence-corrected chi connectivity index (χ1v) is 11.6. The number of halogens is 1. The summed E-state index contributed by atoms with van der Waals surface area (Å²) in [4.78, 5) is 18.8. The predicted molar refractivity (Wildman–Crippen MR) is 125 cm³/mol. The van der Waals surface area contributed by atoms with E-state index in [2.05, 4.69) is 63.8 Å². The van der Waals surface area contributed by atoms with Gasteiger partial charge in [0.2, 0.25) is 5.91 Å². The molecule has 3 aromatic rings. The molecule has 0 spiro atoms. The summed E-state index contributed by atoms with van der Waals surface area (Å²) in [5.74, 6) is -0.325. The number of nitrogens with one attached hydrogen (secondary N) is 1. The molecule has 1 aliphatic rings. The number of amides is 1. The van der Waals surface area contributed by atoms with E-state index in [1.165, 1.54) is 22.7 Å². The van der Waals surface area contributed by atoms with Crippen molar-refractivity contribution in [3.63, 3.8) is 0 Å². The second-order valence-electron chi connectivity index (χ2n) is 7.98. The van der Waals surface area contributed by atoms with Gasteiger partial charge in [-0.1, -0.05) is 36.4 Å². The summed E-state index contributed by atoms with van der Waals surface area (Å²) >= 11 is 1.73. The summed E-state index contributed by atoms with van der Waals surface area (Å²) in [7, 11) is 0. The van der Waals surface area contributed by atoms with Crippen LogP contribution in [0.4, 0.5) is 10.1 Å². The number of anilines is 1. The average Bonchev–Trinajstić information content (AvgIpc) is 3.31. The van der Waals surface area contributed by atoms with E-state index in [1.54, 1.807) is 23.5 Å². The molecule has 1 N–H and O–H groups in total. The maximum atomic E-state index is 13.1. The molecule has 4 rings (SSSR count). The highest BCUT2D eigenvalue weighted by Crippen LogP contribution is 2.30. The molecule has 6 heteroatoms. The second-order valence-corrected chi connectivity index (χ2v) is 8.96. The van der Waals surface area contributed by atoms with E-state index in [1.807, 2.05) is 6.07 Å². The first-order valence-electron chi connectivity index (χ1n) is 10.7. The Morgan fingerprint density at radius 3 is 2.35 bits per heavy atom. The first-order chi connectivity index (χ1) is 15.1. The van der Waals surface area contributed by atoms with Crippen LogP contribution in [0.15, 0.2) is 72.1 Å². The molecule has 162 valence electrons. The van der Waals surface area contributed by atoms with Crippen LogP contribution >= 0.6 is 11.3 Å². The van der Waals surface area contributed by atoms with Gasteiger partial charge in [0, 0.05) is 42.8 Å². The van der Waals surface area contributed by atoms with Crippen molar-refractivity contribution in [2.45, 2.75) is 25.4 Å². The van der Waals surface area contributed by atoms with Crippen LogP contribution < -0.4 is 10.2 Å². The van der Waals surface area contributed by atoms with E-state index < -0.39 is 0 Å². The number of benzene rings is 2. The molecule has 1 amide bonds. The van der Waals surface area contributed by atoms with Crippen molar-refractivity contribution in [1.29, 1.82) is 0 Å². The fourth-order valence-electron chi connectivity index (χ4n) is 4.27. The zero-order chi connectivity index (χ0) is 21.6. The van der Waals surface area contributed by atoms with Gasteiger partial charge in [0.15, 0.2) is 0 Å². The first kappa shape index (κ1) is 21.5. The third-order valence-corrected chi connectivity index (χ3v) is 6.75. The van der Waals surface area contributed by atoms with Crippen molar-refractivity contribution < 1.29 is 9.18 Å². The maximum absolute atomic E-state index is 13.1. The zero-order valence-electron chi connectivity index (χ0n) is 17.7. The van der Waals surface area contributed by atoms with Crippen LogP contribution in [0.25, 0.3) is 0 Å². The second kappa shape index (κ2) is 10.1. The highest BCUT2D eigenvalue weighted by atomic mass is 32.1. The van der Waals surface area contributed by atoms with Gasteiger partial charge < -0.3 is 10.2 Å². The van der Waals surface area contributed by atoms with Gasteiger partial charge in [-0.05, 0) is 48.2 Å². The van der Waals surface area contributed by atoms with Crippen molar-refractivity contribution in [3.8, 4) is 0 Å². The molecule has 2 atom stereocenters. The molecule has 0 unspecified atom stereocenters. The Kier molecular flexibility index (Phi) is 6.99. The van der Waals surface area contributed by atoms with Crippen molar-refractivity contribution in [1.82, 2.24) is 10.2 Å². The molecular formula is C25H28FN3OS. The lowest BCUT2D eigenvalue weighted by Crippen LogP contribution is -2.52. The molecule has 1 aromatic heterocycles. The Hall–Kier alpha value is -2.70. The molecule has 4 nitrogen and oxygen atoms in total. The van der Waals surface area contributed by atoms with Gasteiger partial charge >= 0.3 is 0 Å². The van der Waals surface area contributed by atoms with Crippen LogP contribution in [0.5, 0.6) is 0 Å². The third kappa shape index (κ3) is 5.51. The monoisotopic (exact) mass is 437 g/mol. The summed E-state index contributed by atoms with van der Waals surface area (Å²) < 4.78 is 13.1. The van der Waals surface area contributed by atoms with Crippen LogP contribution in [0.2, 0.25) is 0 Å². The molecule has 0 saturated carbocycles. The number of nitrogens with zero attached hydrogens (tertiary/aromatic N) is 2. The van der Waals surface area contributed by atoms with Crippen LogP contribution in [-0.4, -0.2) is 43.0 Å². The van der Waals surface area contributed by atoms with Crippen molar-refractivity contribution in [3.05, 3.63) is 88.4 Å². The fraction of sp³-hybridized carbons (Fsp3) is 0.320. The van der Waals surface area contributed by atoms with E-state index >= 15 is 0 Å². The van der Waals surface area contributed by atoms with Gasteiger partial charge in [-0.15, -0.1) is 11.3 Å². The maximum Gasteiger partial charge on any atom is 0.224 e. The molecular weight excluding hydrogens is 409 g/mol. The van der Waals surface area contributed by atoms with E-state index in [0.717, 1.165) is 31.7 Å². The van der Waals surface area contributed by atoms with E-state index in [-0.39, 0.29) is 30.2 Å². The Balaban J connectivity index is 1.41. The van der Waals surface area contributed by atoms with E-state index in [0.29, 0.717) is 0 Å². The van der Waals surface area contributed by atoms with Gasteiger partial charge in [0.05, 0.1) is 12.5 Å². The molecule has 0 radical (unpaired) electrons. The number of hydrogen-bond acceptors (Lipinski definition) is 4. The van der Waals surface area contributed by atoms with Gasteiger partial charge in [-0.3, -0.25) is 9.69 Å². The number of para-hydroxylation sites is 1. The zero-order valence-corrected chi connectivity index (χ0v) is 18.5. The quantitative estimate of drug-likeness (QED) is 0.591. The summed E-state index contributed by atoms with van der Waals surface area (Å²) in [5.41, 5.74) is 2.07. The number of piperazine rings is 1. The normalized spacial score (nSPS) is 16.6. The molecule has 0 bridgehead atoms. The Bertz CT molecular complexity index is 954. The third-order valence-electron chi connectivity index (χ3n) is 5.80. The van der Waals surface area contributed by atoms with Gasteiger partial charge in [-0.25, -0.2) is 4.39 Å². The summed E-state index contributed by atoms with van der Waals surface area (Å²) in [6, 6.07) is 21.0. The number of carbonyl (C=O) groups excluding carboxylic acids is 1. The average molecular weight is 438 g/mol. The molecule has 31 heavy (non-hydrogen) atoms. The largest absolute Gasteiger partial charge is 0.369 e. The van der Waals surface area contributed by atoms with Gasteiger partial charge in [0.1, 0.15) is 5.82 Å². The Labute approximate surface area is 187 Å². The van der Waals surface area contributed by atoms with Gasteiger partial charge in [-0.2, -0.15) is 0 Å². The van der Waals surface area contributed by atoms with E-state index in [9.17, 15) is 9.18 Å². The minimum atomic E-state index is -0.287. The molecule has 2 heterocycles. The molecule has 1 saturated heterocycles. The predicted octanol–water partition coefficient (Wildman–Crippen LogP) is 4.50. The summed E-state index contributed by atoms with van der Waals surface area (Å²) in [6.07, 6.45) is 0.254. The number of rotatable bonds is 7. The van der Waals surface area contributed by atoms with Crippen molar-refractivity contribution in [2.75, 3.05) is 31.1 Å². The standard InChI is InChI=1S/C25H28FN3OS/c1-19(27-24(30)18-20-9-11-21(26)12-10-20)25(23-8-5-17-31-23)29-15-13-28(14-16-29)22-6-3-2-4-7-22/h2-12,17,19,25H,13-16,18H2,1H3,(H,27,30)/t19-,25-/m0/s1. The molecule has 1 aliphatic heterocycles. The lowest BCUT2D eigenvalue weighted by Gasteiger charge is -2.42. The topological polar surface area (TPSA) is 35.6 Å². The van der Waals surface area contributed by atoms with E-state index in [4.69, 9.17) is 0 Å². The highest BCUT2D eigenvalue weighted by molar-refractivity contribution is 7.10. The molecule has 0 aliphatic carbocycles. The summed E-state index contributed by atoms with van der Waals surface area (Å²) in [6.45, 7) is 5.88. The molecule has 2 aromatic carbocycles. The number of thiophene rings is 1. The SMILES string of the molecule is C[C@H](NC(=O)Cc1ccc(F)cc1)[C@@H](c1cccs1)N1CCN(c2ccccc2)CC1. The van der Waals surface area contributed by atoms with Crippen molar-refractivity contribution in [2.24, 2.45) is 0 Å². The van der Waals surface area contributed by atoms with Crippen LogP contribution in [0, 0.1) is 5.82 Å². The number of carbonyl (C=O) groups is 1. The highest BCUT2D eigenvalue weighted by Gasteiger charge is 2.30. The minimum Gasteiger partial charge on any atom is -0.369 e. The number of hydrogen-bond donors (Lipinski definition) is 1. The Morgan fingerprint density at radius 2 is 1.71 bits per heavy atom. The fourth-order valence-corrected chi connectivity index (χ4v) is 5.23. The molecule has 1 fully saturated rings. The lowest BCUT2D eigenvalue weighted by atomic mass is 10.0.